The molecule has 212 valence electrons. The van der Waals surface area contributed by atoms with Crippen molar-refractivity contribution in [1.29, 1.82) is 0 Å². The van der Waals surface area contributed by atoms with Gasteiger partial charge < -0.3 is 4.57 Å². The molecule has 0 fully saturated rings. The van der Waals surface area contributed by atoms with Crippen LogP contribution in [0.25, 0.3) is 69.6 Å². The van der Waals surface area contributed by atoms with Crippen molar-refractivity contribution in [2.24, 2.45) is 4.36 Å². The number of aromatic nitrogens is 1. The summed E-state index contributed by atoms with van der Waals surface area (Å²) in [7, 11) is -2.88. The van der Waals surface area contributed by atoms with Gasteiger partial charge in [-0.15, -0.1) is 11.3 Å². The summed E-state index contributed by atoms with van der Waals surface area (Å²) in [6.07, 6.45) is 0. The quantitative estimate of drug-likeness (QED) is 0.191. The second-order valence-corrected chi connectivity index (χ2v) is 14.7. The van der Waals surface area contributed by atoms with E-state index in [-0.39, 0.29) is 0 Å². The van der Waals surface area contributed by atoms with Crippen LogP contribution in [-0.2, 0) is 9.73 Å². The Morgan fingerprint density at radius 3 is 2.09 bits per heavy atom. The van der Waals surface area contributed by atoms with Gasteiger partial charge in [0.1, 0.15) is 9.73 Å². The molecule has 2 aromatic heterocycles. The van der Waals surface area contributed by atoms with Crippen molar-refractivity contribution in [1.82, 2.24) is 4.57 Å². The summed E-state index contributed by atoms with van der Waals surface area (Å²) in [4.78, 5) is 1.48. The highest BCUT2D eigenvalue weighted by molar-refractivity contribution is 7.94. The minimum absolute atomic E-state index is 0.726. The second kappa shape index (κ2) is 9.14. The zero-order chi connectivity index (χ0) is 29.7. The van der Waals surface area contributed by atoms with Crippen molar-refractivity contribution >= 4 is 79.5 Å². The molecule has 45 heavy (non-hydrogen) atoms. The molecule has 3 heterocycles. The van der Waals surface area contributed by atoms with Crippen molar-refractivity contribution in [2.75, 3.05) is 0 Å². The van der Waals surface area contributed by atoms with Gasteiger partial charge in [-0.25, -0.2) is 4.21 Å². The Kier molecular flexibility index (Phi) is 5.11. The molecule has 1 atom stereocenters. The first kappa shape index (κ1) is 25.1. The molecule has 5 heteroatoms. The maximum Gasteiger partial charge on any atom is 0.109 e. The summed E-state index contributed by atoms with van der Waals surface area (Å²) in [5.41, 5.74) is 6.13. The Morgan fingerprint density at radius 2 is 1.24 bits per heavy atom. The topological polar surface area (TPSA) is 34.4 Å². The summed E-state index contributed by atoms with van der Waals surface area (Å²) >= 11 is 1.86. The van der Waals surface area contributed by atoms with Crippen molar-refractivity contribution in [3.05, 3.63) is 146 Å². The molecular formula is C40H24N2OS2. The standard InChI is InChI=1S/C40H24N2OS2/c43-45(26-12-2-1-3-13-26)36-23-22-25(24-32(36)27-14-6-9-19-33(27)41-45)42-34-20-10-7-17-30(34)37-28-15-4-5-16-29(28)38-31-18-8-11-21-35(31)44-40(38)39(37)42/h1-24H. The van der Waals surface area contributed by atoms with E-state index in [1.807, 2.05) is 65.9 Å². The van der Waals surface area contributed by atoms with Gasteiger partial charge in [-0.3, -0.25) is 0 Å². The third-order valence-corrected chi connectivity index (χ3v) is 12.6. The van der Waals surface area contributed by atoms with Gasteiger partial charge in [-0.1, -0.05) is 97.1 Å². The molecule has 0 aliphatic carbocycles. The SMILES string of the molecule is O=S1(c2ccccc2)=Nc2ccccc2-c2cc(-n3c4ccccc4c4c5ccccc5c5c6ccccc6sc5c43)ccc21. The van der Waals surface area contributed by atoms with E-state index in [0.29, 0.717) is 0 Å². The van der Waals surface area contributed by atoms with Gasteiger partial charge in [0.05, 0.1) is 31.2 Å². The van der Waals surface area contributed by atoms with E-state index >= 15 is 0 Å². The number of hydrogen-bond acceptors (Lipinski definition) is 3. The third-order valence-electron chi connectivity index (χ3n) is 9.15. The number of rotatable bonds is 2. The van der Waals surface area contributed by atoms with Crippen LogP contribution in [0.2, 0.25) is 0 Å². The number of para-hydroxylation sites is 1. The van der Waals surface area contributed by atoms with E-state index in [9.17, 15) is 4.21 Å². The lowest BCUT2D eigenvalue weighted by molar-refractivity contribution is 0.676. The molecule has 0 saturated carbocycles. The van der Waals surface area contributed by atoms with Gasteiger partial charge in [-0.2, -0.15) is 4.36 Å². The van der Waals surface area contributed by atoms with Crippen LogP contribution in [-0.4, -0.2) is 8.78 Å². The smallest absolute Gasteiger partial charge is 0.109 e. The molecule has 0 radical (unpaired) electrons. The molecule has 10 rings (SSSR count). The molecular weight excluding hydrogens is 589 g/mol. The maximum absolute atomic E-state index is 14.9. The number of thiophene rings is 1. The van der Waals surface area contributed by atoms with Crippen molar-refractivity contribution in [3.8, 4) is 16.8 Å². The number of nitrogens with zero attached hydrogens (tertiary/aromatic N) is 2. The molecule has 1 aliphatic heterocycles. The average Bonchev–Trinajstić information content (AvgIpc) is 3.66. The van der Waals surface area contributed by atoms with Crippen LogP contribution >= 0.6 is 11.3 Å². The molecule has 0 N–H and O–H groups in total. The van der Waals surface area contributed by atoms with E-state index in [1.54, 1.807) is 0 Å². The summed E-state index contributed by atoms with van der Waals surface area (Å²) < 4.78 is 24.8. The van der Waals surface area contributed by atoms with Gasteiger partial charge in [0.25, 0.3) is 0 Å². The van der Waals surface area contributed by atoms with Gasteiger partial charge in [0, 0.05) is 43.1 Å². The molecule has 1 unspecified atom stereocenters. The zero-order valence-corrected chi connectivity index (χ0v) is 25.6. The van der Waals surface area contributed by atoms with E-state index in [2.05, 4.69) is 95.6 Å². The normalized spacial score (nSPS) is 15.9. The Bertz CT molecular complexity index is 2820. The number of benzene rings is 7. The lowest BCUT2D eigenvalue weighted by Crippen LogP contribution is -2.08. The van der Waals surface area contributed by atoms with Crippen molar-refractivity contribution < 1.29 is 4.21 Å². The summed E-state index contributed by atoms with van der Waals surface area (Å²) in [5.74, 6) is 0. The molecule has 9 aromatic rings. The minimum atomic E-state index is -2.88. The van der Waals surface area contributed by atoms with Crippen molar-refractivity contribution in [3.63, 3.8) is 0 Å². The predicted molar refractivity (Wildman–Crippen MR) is 190 cm³/mol. The zero-order valence-electron chi connectivity index (χ0n) is 24.0. The Morgan fingerprint density at radius 1 is 0.578 bits per heavy atom. The molecule has 3 nitrogen and oxygen atoms in total. The lowest BCUT2D eigenvalue weighted by Gasteiger charge is -2.23. The minimum Gasteiger partial charge on any atom is -0.308 e. The molecule has 0 saturated heterocycles. The van der Waals surface area contributed by atoms with Crippen LogP contribution in [0.5, 0.6) is 0 Å². The summed E-state index contributed by atoms with van der Waals surface area (Å²) in [6.45, 7) is 0. The highest BCUT2D eigenvalue weighted by Gasteiger charge is 2.28. The molecule has 0 bridgehead atoms. The van der Waals surface area contributed by atoms with Crippen LogP contribution in [0.3, 0.4) is 0 Å². The largest absolute Gasteiger partial charge is 0.308 e. The first-order valence-electron chi connectivity index (χ1n) is 15.0. The molecule has 7 aromatic carbocycles. The first-order valence-corrected chi connectivity index (χ1v) is 17.3. The van der Waals surface area contributed by atoms with E-state index in [0.717, 1.165) is 37.8 Å². The van der Waals surface area contributed by atoms with Gasteiger partial charge in [0.15, 0.2) is 0 Å². The fraction of sp³-hybridized carbons (Fsp3) is 0. The molecule has 1 aliphatic rings. The predicted octanol–water partition coefficient (Wildman–Crippen LogP) is 11.5. The van der Waals surface area contributed by atoms with Gasteiger partial charge >= 0.3 is 0 Å². The van der Waals surface area contributed by atoms with Crippen LogP contribution in [0.1, 0.15) is 0 Å². The highest BCUT2D eigenvalue weighted by Crippen LogP contribution is 2.49. The Balaban J connectivity index is 1.38. The number of hydrogen-bond donors (Lipinski definition) is 0. The van der Waals surface area contributed by atoms with E-state index < -0.39 is 9.73 Å². The third kappa shape index (κ3) is 3.37. The fourth-order valence-electron chi connectivity index (χ4n) is 7.26. The summed E-state index contributed by atoms with van der Waals surface area (Å²) in [6, 6.07) is 50.4. The van der Waals surface area contributed by atoms with E-state index in [1.165, 1.54) is 47.2 Å². The number of fused-ring (bicyclic) bond motifs is 13. The highest BCUT2D eigenvalue weighted by atomic mass is 32.2. The maximum atomic E-state index is 14.9. The van der Waals surface area contributed by atoms with Gasteiger partial charge in [-0.05, 0) is 59.3 Å². The Labute approximate surface area is 263 Å². The second-order valence-electron chi connectivity index (χ2n) is 11.6. The van der Waals surface area contributed by atoms with Gasteiger partial charge in [0.2, 0.25) is 0 Å². The van der Waals surface area contributed by atoms with Crippen LogP contribution in [0.4, 0.5) is 5.69 Å². The summed E-state index contributed by atoms with van der Waals surface area (Å²) in [5, 5.41) is 7.62. The molecule has 0 amide bonds. The molecule has 0 spiro atoms. The lowest BCUT2D eigenvalue weighted by atomic mass is 9.99. The van der Waals surface area contributed by atoms with Crippen molar-refractivity contribution in [2.45, 2.75) is 9.79 Å². The monoisotopic (exact) mass is 612 g/mol. The van der Waals surface area contributed by atoms with Crippen LogP contribution in [0.15, 0.2) is 160 Å². The van der Waals surface area contributed by atoms with Crippen LogP contribution in [0, 0.1) is 0 Å². The first-order chi connectivity index (χ1) is 22.2. The Hall–Kier alpha value is -5.23. The van der Waals surface area contributed by atoms with E-state index in [4.69, 9.17) is 4.36 Å². The average molecular weight is 613 g/mol. The van der Waals surface area contributed by atoms with Crippen LogP contribution < -0.4 is 0 Å². The fourth-order valence-corrected chi connectivity index (χ4v) is 10.7.